The van der Waals surface area contributed by atoms with E-state index in [-0.39, 0.29) is 12.3 Å². The van der Waals surface area contributed by atoms with E-state index in [0.717, 1.165) is 4.57 Å². The third-order valence-corrected chi connectivity index (χ3v) is 3.72. The van der Waals surface area contributed by atoms with Crippen molar-refractivity contribution in [3.8, 4) is 0 Å². The van der Waals surface area contributed by atoms with Crippen LogP contribution in [0.5, 0.6) is 0 Å². The summed E-state index contributed by atoms with van der Waals surface area (Å²) in [5, 5.41) is 0.363. The Hall–Kier alpha value is -3.02. The van der Waals surface area contributed by atoms with Gasteiger partial charge in [-0.15, -0.1) is 0 Å². The number of ketones is 1. The maximum Gasteiger partial charge on any atom is 0.331 e. The van der Waals surface area contributed by atoms with E-state index in [0.29, 0.717) is 16.5 Å². The van der Waals surface area contributed by atoms with E-state index in [1.165, 1.54) is 35.9 Å². The van der Waals surface area contributed by atoms with Crippen molar-refractivity contribution >= 4 is 16.7 Å². The Balaban J connectivity index is 2.13. The molecule has 5 nitrogen and oxygen atoms in total. The molecule has 23 heavy (non-hydrogen) atoms. The highest BCUT2D eigenvalue weighted by atomic mass is 19.1. The normalized spacial score (nSPS) is 10.9. The summed E-state index contributed by atoms with van der Waals surface area (Å²) < 4.78 is 15.2. The molecule has 0 unspecified atom stereocenters. The highest BCUT2D eigenvalue weighted by Crippen LogP contribution is 2.10. The van der Waals surface area contributed by atoms with Crippen molar-refractivity contribution in [3.05, 3.63) is 80.7 Å². The summed E-state index contributed by atoms with van der Waals surface area (Å²) in [5.74, 6) is -0.776. The lowest BCUT2D eigenvalue weighted by molar-refractivity contribution is 0.0971. The molecule has 0 saturated heterocycles. The van der Waals surface area contributed by atoms with Crippen molar-refractivity contribution in [1.82, 2.24) is 9.13 Å². The van der Waals surface area contributed by atoms with Gasteiger partial charge in [0.2, 0.25) is 0 Å². The molecule has 0 aliphatic rings. The van der Waals surface area contributed by atoms with Crippen molar-refractivity contribution in [1.29, 1.82) is 0 Å². The number of rotatable bonds is 3. The molecule has 0 radical (unpaired) electrons. The topological polar surface area (TPSA) is 61.1 Å². The van der Waals surface area contributed by atoms with E-state index < -0.39 is 17.1 Å². The Morgan fingerprint density at radius 1 is 1.04 bits per heavy atom. The van der Waals surface area contributed by atoms with Gasteiger partial charge in [0.1, 0.15) is 5.82 Å². The number of para-hydroxylation sites is 1. The Kier molecular flexibility index (Phi) is 3.65. The average Bonchev–Trinajstić information content (AvgIpc) is 2.57. The number of hydrogen-bond donors (Lipinski definition) is 0. The molecule has 2 aromatic carbocycles. The molecule has 1 heterocycles. The largest absolute Gasteiger partial charge is 0.331 e. The summed E-state index contributed by atoms with van der Waals surface area (Å²) in [6.45, 7) is -0.223. The zero-order valence-corrected chi connectivity index (χ0v) is 12.3. The lowest BCUT2D eigenvalue weighted by atomic mass is 10.1. The van der Waals surface area contributed by atoms with Gasteiger partial charge >= 0.3 is 5.69 Å². The van der Waals surface area contributed by atoms with Crippen LogP contribution in [-0.2, 0) is 13.6 Å². The van der Waals surface area contributed by atoms with Gasteiger partial charge in [0.15, 0.2) is 5.78 Å². The minimum atomic E-state index is -0.566. The van der Waals surface area contributed by atoms with Crippen LogP contribution in [0.2, 0.25) is 0 Å². The smallest absolute Gasteiger partial charge is 0.292 e. The molecular formula is C17H13FN2O3. The summed E-state index contributed by atoms with van der Waals surface area (Å²) in [7, 11) is 1.37. The molecule has 0 atom stereocenters. The molecule has 3 rings (SSSR count). The Morgan fingerprint density at radius 2 is 1.70 bits per heavy atom. The maximum atomic E-state index is 12.9. The number of aromatic nitrogens is 2. The number of nitrogens with zero attached hydrogens (tertiary/aromatic N) is 2. The summed E-state index contributed by atoms with van der Waals surface area (Å²) in [6.07, 6.45) is 0. The van der Waals surface area contributed by atoms with Gasteiger partial charge in [0.05, 0.1) is 17.4 Å². The van der Waals surface area contributed by atoms with Crippen LogP contribution in [0.15, 0.2) is 58.1 Å². The van der Waals surface area contributed by atoms with Crippen LogP contribution >= 0.6 is 0 Å². The van der Waals surface area contributed by atoms with Crippen LogP contribution in [0.25, 0.3) is 10.9 Å². The first kappa shape index (κ1) is 14.9. The van der Waals surface area contributed by atoms with Gasteiger partial charge in [-0.05, 0) is 36.4 Å². The van der Waals surface area contributed by atoms with E-state index in [9.17, 15) is 18.8 Å². The summed E-state index contributed by atoms with van der Waals surface area (Å²) in [4.78, 5) is 36.8. The number of carbonyl (C=O) groups is 1. The predicted octanol–water partition coefficient (Wildman–Crippen LogP) is 1.72. The molecule has 6 heteroatoms. The average molecular weight is 312 g/mol. The second kappa shape index (κ2) is 5.64. The molecule has 0 spiro atoms. The number of hydrogen-bond acceptors (Lipinski definition) is 3. The van der Waals surface area contributed by atoms with Crippen molar-refractivity contribution in [2.24, 2.45) is 7.05 Å². The van der Waals surface area contributed by atoms with Gasteiger partial charge in [-0.25, -0.2) is 9.18 Å². The van der Waals surface area contributed by atoms with Crippen LogP contribution in [-0.4, -0.2) is 14.9 Å². The summed E-state index contributed by atoms with van der Waals surface area (Å²) in [5.41, 5.74) is -0.271. The van der Waals surface area contributed by atoms with Gasteiger partial charge in [-0.1, -0.05) is 12.1 Å². The van der Waals surface area contributed by atoms with E-state index >= 15 is 0 Å². The van der Waals surface area contributed by atoms with Crippen LogP contribution in [0, 0.1) is 5.82 Å². The third kappa shape index (κ3) is 2.59. The molecule has 0 amide bonds. The molecule has 0 N–H and O–H groups in total. The first-order valence-corrected chi connectivity index (χ1v) is 6.96. The van der Waals surface area contributed by atoms with E-state index in [1.807, 2.05) is 0 Å². The molecule has 0 fully saturated rings. The first-order valence-electron chi connectivity index (χ1n) is 6.96. The molecular weight excluding hydrogens is 299 g/mol. The summed E-state index contributed by atoms with van der Waals surface area (Å²) >= 11 is 0. The van der Waals surface area contributed by atoms with E-state index in [2.05, 4.69) is 0 Å². The van der Waals surface area contributed by atoms with E-state index in [4.69, 9.17) is 0 Å². The van der Waals surface area contributed by atoms with Crippen molar-refractivity contribution in [2.75, 3.05) is 0 Å². The minimum Gasteiger partial charge on any atom is -0.292 e. The lowest BCUT2D eigenvalue weighted by Gasteiger charge is -2.11. The molecule has 0 bridgehead atoms. The number of halogens is 1. The molecule has 116 valence electrons. The van der Waals surface area contributed by atoms with Crippen molar-refractivity contribution in [3.63, 3.8) is 0 Å². The van der Waals surface area contributed by atoms with Gasteiger partial charge in [-0.3, -0.25) is 18.7 Å². The number of benzene rings is 2. The number of fused-ring (bicyclic) bond motifs is 1. The number of carbonyl (C=O) groups excluding carboxylic acids is 1. The lowest BCUT2D eigenvalue weighted by Crippen LogP contribution is -2.39. The van der Waals surface area contributed by atoms with Gasteiger partial charge < -0.3 is 0 Å². The van der Waals surface area contributed by atoms with Crippen LogP contribution in [0.3, 0.4) is 0 Å². The maximum absolute atomic E-state index is 12.9. The van der Waals surface area contributed by atoms with E-state index in [1.54, 1.807) is 24.3 Å². The quantitative estimate of drug-likeness (QED) is 0.692. The fourth-order valence-corrected chi connectivity index (χ4v) is 2.46. The Bertz CT molecular complexity index is 1020. The molecule has 1 aromatic heterocycles. The minimum absolute atomic E-state index is 0.223. The van der Waals surface area contributed by atoms with Crippen molar-refractivity contribution in [2.45, 2.75) is 6.54 Å². The molecule has 0 aliphatic heterocycles. The highest BCUT2D eigenvalue weighted by molar-refractivity contribution is 5.96. The molecule has 0 aliphatic carbocycles. The Morgan fingerprint density at radius 3 is 2.39 bits per heavy atom. The van der Waals surface area contributed by atoms with Gasteiger partial charge in [-0.2, -0.15) is 0 Å². The van der Waals surface area contributed by atoms with Gasteiger partial charge in [0.25, 0.3) is 5.56 Å². The Labute approximate surface area is 130 Å². The number of Topliss-reactive ketones (excluding diaryl/α,β-unsaturated/α-hetero) is 1. The van der Waals surface area contributed by atoms with Crippen molar-refractivity contribution < 1.29 is 9.18 Å². The SMILES string of the molecule is Cn1c(=O)c2ccccc2n(CC(=O)c2ccc(F)cc2)c1=O. The highest BCUT2D eigenvalue weighted by Gasteiger charge is 2.14. The van der Waals surface area contributed by atoms with Gasteiger partial charge in [0, 0.05) is 12.6 Å². The zero-order valence-electron chi connectivity index (χ0n) is 12.3. The fourth-order valence-electron chi connectivity index (χ4n) is 2.46. The first-order chi connectivity index (χ1) is 11.0. The third-order valence-electron chi connectivity index (χ3n) is 3.72. The molecule has 3 aromatic rings. The predicted molar refractivity (Wildman–Crippen MR) is 84.2 cm³/mol. The summed E-state index contributed by atoms with van der Waals surface area (Å²) in [6, 6.07) is 11.7. The monoisotopic (exact) mass is 312 g/mol. The standard InChI is InChI=1S/C17H13FN2O3/c1-19-16(22)13-4-2-3-5-14(13)20(17(19)23)10-15(21)11-6-8-12(18)9-7-11/h2-9H,10H2,1H3. The van der Waals surface area contributed by atoms with Crippen LogP contribution < -0.4 is 11.2 Å². The van der Waals surface area contributed by atoms with Crippen LogP contribution in [0.1, 0.15) is 10.4 Å². The second-order valence-corrected chi connectivity index (χ2v) is 5.18. The zero-order chi connectivity index (χ0) is 16.6. The second-order valence-electron chi connectivity index (χ2n) is 5.18. The van der Waals surface area contributed by atoms with Crippen LogP contribution in [0.4, 0.5) is 4.39 Å². The fraction of sp³-hybridized carbons (Fsp3) is 0.118. The molecule has 0 saturated carbocycles.